The Hall–Kier alpha value is -1.84. The van der Waals surface area contributed by atoms with E-state index in [9.17, 15) is 0 Å². The summed E-state index contributed by atoms with van der Waals surface area (Å²) in [5.41, 5.74) is 3.94. The number of para-hydroxylation sites is 1. The first-order chi connectivity index (χ1) is 16.2. The van der Waals surface area contributed by atoms with Crippen molar-refractivity contribution in [1.82, 2.24) is 15.5 Å². The van der Waals surface area contributed by atoms with E-state index in [2.05, 4.69) is 88.9 Å². The Morgan fingerprint density at radius 2 is 1.76 bits per heavy atom. The normalized spacial score (nSPS) is 21.6. The maximum atomic E-state index is 5.53. The van der Waals surface area contributed by atoms with Gasteiger partial charge in [0.05, 0.1) is 19.8 Å². The molecule has 0 bridgehead atoms. The molecule has 2 aliphatic rings. The number of nitrogens with one attached hydrogen (secondary N) is 2. The van der Waals surface area contributed by atoms with Crippen LogP contribution in [0.15, 0.2) is 59.6 Å². The van der Waals surface area contributed by atoms with Gasteiger partial charge in [-0.25, -0.2) is 4.99 Å². The van der Waals surface area contributed by atoms with Crippen molar-refractivity contribution in [3.05, 3.63) is 65.7 Å². The maximum absolute atomic E-state index is 5.53. The molecule has 0 spiro atoms. The summed E-state index contributed by atoms with van der Waals surface area (Å²) in [6.07, 6.45) is 2.26. The molecule has 6 nitrogen and oxygen atoms in total. The average Bonchev–Trinajstić information content (AvgIpc) is 2.86. The smallest absolute Gasteiger partial charge is 0.191 e. The van der Waals surface area contributed by atoms with Crippen LogP contribution in [0.1, 0.15) is 37.8 Å². The van der Waals surface area contributed by atoms with Gasteiger partial charge >= 0.3 is 0 Å². The molecular formula is C27H40IN5O. The minimum atomic E-state index is 0. The molecule has 2 aromatic rings. The first kappa shape index (κ1) is 26.8. The van der Waals surface area contributed by atoms with Crippen LogP contribution in [0.4, 0.5) is 5.69 Å². The van der Waals surface area contributed by atoms with Crippen LogP contribution in [0.3, 0.4) is 0 Å². The first-order valence-electron chi connectivity index (χ1n) is 12.5. The van der Waals surface area contributed by atoms with Gasteiger partial charge < -0.3 is 20.3 Å². The third-order valence-electron chi connectivity index (χ3n) is 6.68. The number of rotatable bonds is 7. The van der Waals surface area contributed by atoms with E-state index >= 15 is 0 Å². The van der Waals surface area contributed by atoms with Crippen LogP contribution < -0.4 is 15.5 Å². The Bertz CT molecular complexity index is 888. The van der Waals surface area contributed by atoms with Crippen LogP contribution in [0.2, 0.25) is 0 Å². The Balaban J connectivity index is 0.00000324. The Morgan fingerprint density at radius 1 is 1.03 bits per heavy atom. The molecular weight excluding hydrogens is 537 g/mol. The number of anilines is 1. The van der Waals surface area contributed by atoms with Crippen LogP contribution in [0.25, 0.3) is 0 Å². The Kier molecular flexibility index (Phi) is 10.9. The molecule has 0 radical (unpaired) electrons. The topological polar surface area (TPSA) is 52.1 Å². The van der Waals surface area contributed by atoms with Crippen molar-refractivity contribution in [2.24, 2.45) is 4.99 Å². The third kappa shape index (κ3) is 7.58. The highest BCUT2D eigenvalue weighted by molar-refractivity contribution is 14.0. The fraction of sp³-hybridized carbons (Fsp3) is 0.519. The van der Waals surface area contributed by atoms with Gasteiger partial charge in [-0.05, 0) is 43.9 Å². The lowest BCUT2D eigenvalue weighted by atomic mass is 9.97. The number of hydrogen-bond acceptors (Lipinski definition) is 4. The summed E-state index contributed by atoms with van der Waals surface area (Å²) in [4.78, 5) is 9.98. The Morgan fingerprint density at radius 3 is 2.50 bits per heavy atom. The SMILES string of the molecule is CCNC(=NCc1ccccc1N1CCOCC1)NC1CCN(Cc2ccccc2)C(C)C1.I. The van der Waals surface area contributed by atoms with Crippen LogP contribution in [-0.2, 0) is 17.8 Å². The largest absolute Gasteiger partial charge is 0.378 e. The third-order valence-corrected chi connectivity index (χ3v) is 6.68. The van der Waals surface area contributed by atoms with Crippen molar-refractivity contribution in [2.75, 3.05) is 44.3 Å². The van der Waals surface area contributed by atoms with Gasteiger partial charge in [0.15, 0.2) is 5.96 Å². The number of likely N-dealkylation sites (tertiary alicyclic amines) is 1. The number of ether oxygens (including phenoxy) is 1. The van der Waals surface area contributed by atoms with E-state index in [4.69, 9.17) is 9.73 Å². The number of benzene rings is 2. The summed E-state index contributed by atoms with van der Waals surface area (Å²) < 4.78 is 5.53. The molecule has 0 aliphatic carbocycles. The van der Waals surface area contributed by atoms with Crippen molar-refractivity contribution >= 4 is 35.6 Å². The van der Waals surface area contributed by atoms with E-state index < -0.39 is 0 Å². The second-order valence-corrected chi connectivity index (χ2v) is 9.09. The number of guanidine groups is 1. The molecule has 2 N–H and O–H groups in total. The van der Waals surface area contributed by atoms with Crippen LogP contribution in [-0.4, -0.2) is 62.3 Å². The zero-order valence-corrected chi connectivity index (χ0v) is 22.9. The molecule has 186 valence electrons. The summed E-state index contributed by atoms with van der Waals surface area (Å²) >= 11 is 0. The van der Waals surface area contributed by atoms with Gasteiger partial charge in [0.25, 0.3) is 0 Å². The number of aliphatic imine (C=N–C) groups is 1. The molecule has 2 aromatic carbocycles. The standard InChI is InChI=1S/C27H39N5O.HI/c1-3-28-27(29-20-24-11-7-8-12-26(24)31-15-17-33-18-16-31)30-25-13-14-32(22(2)19-25)21-23-9-5-4-6-10-23;/h4-12,22,25H,3,13-21H2,1-2H3,(H2,28,29,30);1H. The molecule has 2 unspecified atom stereocenters. The first-order valence-corrected chi connectivity index (χ1v) is 12.5. The summed E-state index contributed by atoms with van der Waals surface area (Å²) in [7, 11) is 0. The van der Waals surface area contributed by atoms with Gasteiger partial charge in [0, 0.05) is 50.5 Å². The number of morpholine rings is 1. The summed E-state index contributed by atoms with van der Waals surface area (Å²) in [5.74, 6) is 0.919. The lowest BCUT2D eigenvalue weighted by Gasteiger charge is -2.38. The molecule has 2 saturated heterocycles. The molecule has 2 fully saturated rings. The average molecular weight is 578 g/mol. The lowest BCUT2D eigenvalue weighted by molar-refractivity contribution is 0.122. The minimum Gasteiger partial charge on any atom is -0.378 e. The Labute approximate surface area is 222 Å². The molecule has 0 aromatic heterocycles. The quantitative estimate of drug-likeness (QED) is 0.293. The second kappa shape index (κ2) is 13.9. The van der Waals surface area contributed by atoms with Crippen molar-refractivity contribution in [3.63, 3.8) is 0 Å². The van der Waals surface area contributed by atoms with E-state index in [1.807, 2.05) is 0 Å². The van der Waals surface area contributed by atoms with Crippen LogP contribution >= 0.6 is 24.0 Å². The second-order valence-electron chi connectivity index (χ2n) is 9.09. The van der Waals surface area contributed by atoms with Crippen LogP contribution in [0.5, 0.6) is 0 Å². The lowest BCUT2D eigenvalue weighted by Crippen LogP contribution is -2.51. The van der Waals surface area contributed by atoms with Crippen LogP contribution in [0, 0.1) is 0 Å². The number of hydrogen-bond donors (Lipinski definition) is 2. The van der Waals surface area contributed by atoms with Crippen molar-refractivity contribution in [3.8, 4) is 0 Å². The van der Waals surface area contributed by atoms with E-state index in [0.717, 1.165) is 64.7 Å². The van der Waals surface area contributed by atoms with Crippen molar-refractivity contribution < 1.29 is 4.74 Å². The fourth-order valence-electron chi connectivity index (χ4n) is 4.84. The van der Waals surface area contributed by atoms with Crippen molar-refractivity contribution in [1.29, 1.82) is 0 Å². The number of nitrogens with zero attached hydrogens (tertiary/aromatic N) is 3. The van der Waals surface area contributed by atoms with Gasteiger partial charge in [-0.2, -0.15) is 0 Å². The summed E-state index contributed by atoms with van der Waals surface area (Å²) in [6, 6.07) is 20.4. The number of piperidine rings is 1. The monoisotopic (exact) mass is 577 g/mol. The van der Waals surface area contributed by atoms with E-state index in [-0.39, 0.29) is 24.0 Å². The highest BCUT2D eigenvalue weighted by Crippen LogP contribution is 2.23. The predicted octanol–water partition coefficient (Wildman–Crippen LogP) is 4.25. The van der Waals surface area contributed by atoms with Gasteiger partial charge in [-0.1, -0.05) is 48.5 Å². The highest BCUT2D eigenvalue weighted by Gasteiger charge is 2.26. The van der Waals surface area contributed by atoms with Gasteiger partial charge in [-0.3, -0.25) is 4.90 Å². The fourth-order valence-corrected chi connectivity index (χ4v) is 4.84. The zero-order chi connectivity index (χ0) is 22.9. The molecule has 34 heavy (non-hydrogen) atoms. The predicted molar refractivity (Wildman–Crippen MR) is 152 cm³/mol. The van der Waals surface area contributed by atoms with Crippen molar-refractivity contribution in [2.45, 2.75) is 51.9 Å². The summed E-state index contributed by atoms with van der Waals surface area (Å²) in [5, 5.41) is 7.18. The van der Waals surface area contributed by atoms with Gasteiger partial charge in [-0.15, -0.1) is 24.0 Å². The van der Waals surface area contributed by atoms with E-state index in [0.29, 0.717) is 18.6 Å². The molecule has 0 amide bonds. The van der Waals surface area contributed by atoms with Gasteiger partial charge in [0.2, 0.25) is 0 Å². The summed E-state index contributed by atoms with van der Waals surface area (Å²) in [6.45, 7) is 11.6. The molecule has 2 heterocycles. The highest BCUT2D eigenvalue weighted by atomic mass is 127. The van der Waals surface area contributed by atoms with Gasteiger partial charge in [0.1, 0.15) is 0 Å². The molecule has 4 rings (SSSR count). The molecule has 2 atom stereocenters. The van der Waals surface area contributed by atoms with E-state index in [1.54, 1.807) is 0 Å². The maximum Gasteiger partial charge on any atom is 0.191 e. The minimum absolute atomic E-state index is 0. The number of halogens is 1. The van der Waals surface area contributed by atoms with E-state index in [1.165, 1.54) is 16.8 Å². The molecule has 7 heteroatoms. The molecule has 2 aliphatic heterocycles. The molecule has 0 saturated carbocycles. The zero-order valence-electron chi connectivity index (χ0n) is 20.6.